The number of ether oxygens (including phenoxy) is 1. The van der Waals surface area contributed by atoms with Gasteiger partial charge in [0.1, 0.15) is 0 Å². The Morgan fingerprint density at radius 3 is 2.76 bits per heavy atom. The second kappa shape index (κ2) is 4.05. The molecule has 1 aliphatic heterocycles. The van der Waals surface area contributed by atoms with Gasteiger partial charge in [0.15, 0.2) is 0 Å². The number of nitro groups is 1. The molecule has 0 saturated heterocycles. The number of anilines is 1. The Kier molecular flexibility index (Phi) is 2.38. The van der Waals surface area contributed by atoms with Gasteiger partial charge in [-0.05, 0) is 30.2 Å². The minimum Gasteiger partial charge on any atom is -0.376 e. The van der Waals surface area contributed by atoms with Crippen molar-refractivity contribution in [2.24, 2.45) is 5.41 Å². The Balaban J connectivity index is 1.69. The first-order valence-electron chi connectivity index (χ1n) is 6.83. The van der Waals surface area contributed by atoms with Gasteiger partial charge in [-0.15, -0.1) is 0 Å². The molecule has 5 heteroatoms. The van der Waals surface area contributed by atoms with Gasteiger partial charge in [0, 0.05) is 36.8 Å². The average Bonchev–Trinajstić information content (AvgIpc) is 2.90. The van der Waals surface area contributed by atoms with Gasteiger partial charge in [-0.2, -0.15) is 0 Å². The first kappa shape index (κ1) is 12.3. The third kappa shape index (κ3) is 1.49. The first-order chi connectivity index (χ1) is 10.2. The van der Waals surface area contributed by atoms with Gasteiger partial charge in [-0.1, -0.05) is 12.2 Å². The van der Waals surface area contributed by atoms with Gasteiger partial charge < -0.3 is 9.64 Å². The summed E-state index contributed by atoms with van der Waals surface area (Å²) < 4.78 is 5.62. The van der Waals surface area contributed by atoms with Crippen molar-refractivity contribution in [3.63, 3.8) is 0 Å². The number of rotatable bonds is 3. The normalized spacial score (nSPS) is 28.6. The molecule has 0 amide bonds. The smallest absolute Gasteiger partial charge is 0.269 e. The zero-order valence-electron chi connectivity index (χ0n) is 11.5. The van der Waals surface area contributed by atoms with E-state index in [0.29, 0.717) is 0 Å². The fourth-order valence-corrected chi connectivity index (χ4v) is 3.58. The number of fused-ring (bicyclic) bond motifs is 1. The van der Waals surface area contributed by atoms with Crippen LogP contribution in [0.5, 0.6) is 0 Å². The number of nitrogens with zero attached hydrogens (tertiary/aromatic N) is 2. The van der Waals surface area contributed by atoms with Crippen LogP contribution in [0.2, 0.25) is 0 Å². The molecule has 5 rings (SSSR count). The standard InChI is InChI=1S/C16H14N2O3/c1-21-15-11-2-7-14-16(15,10-11)8-9-17(14)12-3-5-13(6-4-12)18(19)20/h2-9,15H,10H2,1H3. The summed E-state index contributed by atoms with van der Waals surface area (Å²) in [6.07, 6.45) is 9.58. The molecule has 2 atom stereocenters. The van der Waals surface area contributed by atoms with E-state index >= 15 is 0 Å². The van der Waals surface area contributed by atoms with Gasteiger partial charge in [0.2, 0.25) is 0 Å². The highest BCUT2D eigenvalue weighted by molar-refractivity contribution is 5.67. The Hall–Kier alpha value is -2.40. The molecule has 0 radical (unpaired) electrons. The molecule has 4 aliphatic rings. The molecule has 2 unspecified atom stereocenters. The van der Waals surface area contributed by atoms with Gasteiger partial charge in [-0.3, -0.25) is 10.1 Å². The number of hydrogen-bond donors (Lipinski definition) is 0. The SMILES string of the molecule is COC1C2=CC=C3N(c4ccc([N+](=O)[O-])cc4)C=CC31C2. The average molecular weight is 282 g/mol. The van der Waals surface area contributed by atoms with E-state index in [9.17, 15) is 10.1 Å². The minimum absolute atomic E-state index is 0.0550. The van der Waals surface area contributed by atoms with Gasteiger partial charge in [0.05, 0.1) is 16.4 Å². The fourth-order valence-electron chi connectivity index (χ4n) is 3.58. The van der Waals surface area contributed by atoms with Crippen molar-refractivity contribution < 1.29 is 9.66 Å². The third-order valence-electron chi connectivity index (χ3n) is 4.59. The van der Waals surface area contributed by atoms with E-state index in [0.717, 1.165) is 12.1 Å². The van der Waals surface area contributed by atoms with Gasteiger partial charge in [-0.25, -0.2) is 0 Å². The van der Waals surface area contributed by atoms with E-state index in [1.54, 1.807) is 19.2 Å². The molecule has 1 fully saturated rings. The Morgan fingerprint density at radius 2 is 2.10 bits per heavy atom. The van der Waals surface area contributed by atoms with Crippen LogP contribution in [-0.2, 0) is 4.74 Å². The molecule has 0 N–H and O–H groups in total. The first-order valence-corrected chi connectivity index (χ1v) is 6.83. The zero-order chi connectivity index (χ0) is 14.6. The van der Waals surface area contributed by atoms with E-state index in [4.69, 9.17) is 4.74 Å². The predicted molar refractivity (Wildman–Crippen MR) is 78.7 cm³/mol. The second-order valence-electron chi connectivity index (χ2n) is 5.59. The lowest BCUT2D eigenvalue weighted by Gasteiger charge is -2.51. The molecular formula is C16H14N2O3. The zero-order valence-corrected chi connectivity index (χ0v) is 11.5. The molecule has 0 aromatic heterocycles. The molecule has 1 spiro atoms. The molecule has 21 heavy (non-hydrogen) atoms. The van der Waals surface area contributed by atoms with Crippen molar-refractivity contribution in [3.05, 3.63) is 70.1 Å². The minimum atomic E-state index is -0.382. The molecular weight excluding hydrogens is 268 g/mol. The van der Waals surface area contributed by atoms with Crippen LogP contribution in [0.1, 0.15) is 6.42 Å². The van der Waals surface area contributed by atoms with Crippen LogP contribution in [0, 0.1) is 15.5 Å². The number of allylic oxidation sites excluding steroid dienone is 2. The summed E-state index contributed by atoms with van der Waals surface area (Å²) in [5.74, 6) is 0. The van der Waals surface area contributed by atoms with E-state index in [2.05, 4.69) is 23.1 Å². The van der Waals surface area contributed by atoms with Crippen molar-refractivity contribution in [2.45, 2.75) is 12.5 Å². The van der Waals surface area contributed by atoms with Crippen molar-refractivity contribution in [1.82, 2.24) is 0 Å². The summed E-state index contributed by atoms with van der Waals surface area (Å²) in [6.45, 7) is 0. The molecule has 106 valence electrons. The maximum atomic E-state index is 10.7. The number of hydrogen-bond acceptors (Lipinski definition) is 4. The summed E-state index contributed by atoms with van der Waals surface area (Å²) in [7, 11) is 1.74. The maximum Gasteiger partial charge on any atom is 0.269 e. The molecule has 3 aliphatic carbocycles. The van der Waals surface area contributed by atoms with Crippen LogP contribution in [0.25, 0.3) is 0 Å². The molecule has 1 heterocycles. The van der Waals surface area contributed by atoms with Crippen molar-refractivity contribution in [1.29, 1.82) is 0 Å². The number of benzene rings is 1. The van der Waals surface area contributed by atoms with Gasteiger partial charge >= 0.3 is 0 Å². The summed E-state index contributed by atoms with van der Waals surface area (Å²) in [5, 5.41) is 10.7. The molecule has 5 nitrogen and oxygen atoms in total. The number of non-ortho nitro benzene ring substituents is 1. The Morgan fingerprint density at radius 1 is 1.33 bits per heavy atom. The molecule has 1 aromatic rings. The molecule has 1 aromatic carbocycles. The van der Waals surface area contributed by atoms with E-state index < -0.39 is 0 Å². The maximum absolute atomic E-state index is 10.7. The highest BCUT2D eigenvalue weighted by Crippen LogP contribution is 2.59. The van der Waals surface area contributed by atoms with Crippen molar-refractivity contribution in [2.75, 3.05) is 12.0 Å². The highest BCUT2D eigenvalue weighted by Gasteiger charge is 2.57. The lowest BCUT2D eigenvalue weighted by atomic mass is 9.59. The van der Waals surface area contributed by atoms with Gasteiger partial charge in [0.25, 0.3) is 5.69 Å². The monoisotopic (exact) mass is 282 g/mol. The van der Waals surface area contributed by atoms with E-state index in [-0.39, 0.29) is 22.1 Å². The molecule has 2 bridgehead atoms. The Labute approximate surface area is 122 Å². The second-order valence-corrected chi connectivity index (χ2v) is 5.59. The predicted octanol–water partition coefficient (Wildman–Crippen LogP) is 3.16. The number of methoxy groups -OCH3 is 1. The van der Waals surface area contributed by atoms with Crippen LogP contribution in [0.4, 0.5) is 11.4 Å². The van der Waals surface area contributed by atoms with E-state index in [1.165, 1.54) is 23.4 Å². The quantitative estimate of drug-likeness (QED) is 0.631. The summed E-state index contributed by atoms with van der Waals surface area (Å²) in [6, 6.07) is 6.63. The largest absolute Gasteiger partial charge is 0.376 e. The summed E-state index contributed by atoms with van der Waals surface area (Å²) in [4.78, 5) is 12.4. The summed E-state index contributed by atoms with van der Waals surface area (Å²) in [5.41, 5.74) is 3.49. The van der Waals surface area contributed by atoms with Crippen molar-refractivity contribution in [3.8, 4) is 0 Å². The lowest BCUT2D eigenvalue weighted by Crippen LogP contribution is -2.50. The van der Waals surface area contributed by atoms with Crippen LogP contribution >= 0.6 is 0 Å². The number of nitro benzene ring substituents is 1. The highest BCUT2D eigenvalue weighted by atomic mass is 16.6. The lowest BCUT2D eigenvalue weighted by molar-refractivity contribution is -0.384. The summed E-state index contributed by atoms with van der Waals surface area (Å²) >= 11 is 0. The van der Waals surface area contributed by atoms with Crippen LogP contribution in [-0.4, -0.2) is 18.1 Å². The van der Waals surface area contributed by atoms with Crippen molar-refractivity contribution >= 4 is 11.4 Å². The van der Waals surface area contributed by atoms with Crippen LogP contribution in [0.15, 0.2) is 60.0 Å². The van der Waals surface area contributed by atoms with Crippen LogP contribution < -0.4 is 4.90 Å². The Bertz CT molecular complexity index is 718. The fraction of sp³-hybridized carbons (Fsp3) is 0.250. The van der Waals surface area contributed by atoms with E-state index in [1.807, 2.05) is 6.20 Å². The van der Waals surface area contributed by atoms with Crippen LogP contribution in [0.3, 0.4) is 0 Å². The topological polar surface area (TPSA) is 55.6 Å². The third-order valence-corrected chi connectivity index (χ3v) is 4.59. The molecule has 1 saturated carbocycles.